The fraction of sp³-hybridized carbons (Fsp3) is 0.571. The molecule has 0 aliphatic carbocycles. The van der Waals surface area contributed by atoms with Crippen LogP contribution in [0.2, 0.25) is 0 Å². The van der Waals surface area contributed by atoms with E-state index in [0.717, 1.165) is 44.3 Å². The summed E-state index contributed by atoms with van der Waals surface area (Å²) in [5.74, 6) is 0.615. The van der Waals surface area contributed by atoms with Crippen molar-refractivity contribution in [3.8, 4) is 11.5 Å². The summed E-state index contributed by atoms with van der Waals surface area (Å²) < 4.78 is 5.75. The van der Waals surface area contributed by atoms with E-state index in [0.29, 0.717) is 10.2 Å². The number of phenols is 1. The van der Waals surface area contributed by atoms with Crippen molar-refractivity contribution in [3.05, 3.63) is 22.2 Å². The molecule has 1 aromatic carbocycles. The van der Waals surface area contributed by atoms with Crippen LogP contribution in [0, 0.1) is 0 Å². The second-order valence-corrected chi connectivity index (χ2v) is 5.30. The molecule has 0 atom stereocenters. The number of methoxy groups -OCH3 is 1. The molecule has 0 saturated carbocycles. The second-order valence-electron chi connectivity index (χ2n) is 4.44. The topological polar surface area (TPSA) is 61.7 Å². The molecule has 0 saturated heterocycles. The van der Waals surface area contributed by atoms with Crippen molar-refractivity contribution in [2.75, 3.05) is 20.3 Å². The molecule has 0 bridgehead atoms. The number of aromatic hydroxyl groups is 1. The number of halogens is 1. The van der Waals surface area contributed by atoms with Crippen molar-refractivity contribution in [2.24, 2.45) is 0 Å². The van der Waals surface area contributed by atoms with Gasteiger partial charge in [-0.05, 0) is 53.0 Å². The van der Waals surface area contributed by atoms with Crippen LogP contribution in [0.25, 0.3) is 0 Å². The van der Waals surface area contributed by atoms with Gasteiger partial charge in [0.15, 0.2) is 11.5 Å². The molecular weight excluding hydrogens is 310 g/mol. The van der Waals surface area contributed by atoms with Gasteiger partial charge in [-0.2, -0.15) is 0 Å². The number of rotatable bonds is 9. The predicted octanol–water partition coefficient (Wildman–Crippen LogP) is 2.81. The largest absolute Gasteiger partial charge is 0.503 e. The summed E-state index contributed by atoms with van der Waals surface area (Å²) >= 11 is 3.31. The third-order valence-corrected chi connectivity index (χ3v) is 3.50. The van der Waals surface area contributed by atoms with Crippen LogP contribution >= 0.6 is 15.9 Å². The van der Waals surface area contributed by atoms with Crippen LogP contribution < -0.4 is 10.1 Å². The summed E-state index contributed by atoms with van der Waals surface area (Å²) in [6.45, 7) is 1.98. The fourth-order valence-corrected chi connectivity index (χ4v) is 2.32. The molecule has 0 unspecified atom stereocenters. The number of nitrogens with one attached hydrogen (secondary N) is 1. The quantitative estimate of drug-likeness (QED) is 0.609. The highest BCUT2D eigenvalue weighted by molar-refractivity contribution is 9.10. The molecule has 0 spiro atoms. The Bertz CT molecular complexity index is 385. The second kappa shape index (κ2) is 9.18. The van der Waals surface area contributed by atoms with Gasteiger partial charge in [-0.1, -0.05) is 12.8 Å². The monoisotopic (exact) mass is 331 g/mol. The van der Waals surface area contributed by atoms with E-state index in [1.807, 2.05) is 12.1 Å². The molecular formula is C14H22BrNO3. The Labute approximate surface area is 122 Å². The van der Waals surface area contributed by atoms with Crippen LogP contribution in [-0.2, 0) is 6.54 Å². The van der Waals surface area contributed by atoms with Gasteiger partial charge in [0, 0.05) is 13.2 Å². The first-order chi connectivity index (χ1) is 9.19. The Hall–Kier alpha value is -0.780. The first-order valence-corrected chi connectivity index (χ1v) is 7.35. The molecule has 0 heterocycles. The number of phenolic OH excluding ortho intramolecular Hbond substituents is 1. The molecule has 0 aromatic heterocycles. The average Bonchev–Trinajstić information content (AvgIpc) is 2.41. The number of hydrogen-bond acceptors (Lipinski definition) is 4. The number of unbranched alkanes of at least 4 members (excludes halogenated alkanes) is 3. The minimum Gasteiger partial charge on any atom is -0.503 e. The van der Waals surface area contributed by atoms with Crippen LogP contribution in [-0.4, -0.2) is 30.5 Å². The SMILES string of the molecule is COc1cc(CNCCCCCCO)cc(Br)c1O. The number of aliphatic hydroxyl groups excluding tert-OH is 1. The highest BCUT2D eigenvalue weighted by Crippen LogP contribution is 2.35. The van der Waals surface area contributed by atoms with Crippen LogP contribution in [0.4, 0.5) is 0 Å². The highest BCUT2D eigenvalue weighted by Gasteiger charge is 2.08. The van der Waals surface area contributed by atoms with Crippen LogP contribution in [0.1, 0.15) is 31.2 Å². The zero-order chi connectivity index (χ0) is 14.1. The minimum atomic E-state index is 0.134. The highest BCUT2D eigenvalue weighted by atomic mass is 79.9. The summed E-state index contributed by atoms with van der Waals surface area (Å²) in [7, 11) is 1.54. The molecule has 1 rings (SSSR count). The Morgan fingerprint density at radius 3 is 2.63 bits per heavy atom. The first kappa shape index (κ1) is 16.3. The number of hydrogen-bond donors (Lipinski definition) is 3. The molecule has 0 amide bonds. The van der Waals surface area contributed by atoms with Gasteiger partial charge in [0.25, 0.3) is 0 Å². The van der Waals surface area contributed by atoms with Gasteiger partial charge in [-0.15, -0.1) is 0 Å². The summed E-state index contributed by atoms with van der Waals surface area (Å²) in [6.07, 6.45) is 4.21. The van der Waals surface area contributed by atoms with Crippen molar-refractivity contribution < 1.29 is 14.9 Å². The van der Waals surface area contributed by atoms with E-state index in [4.69, 9.17) is 9.84 Å². The first-order valence-electron chi connectivity index (χ1n) is 6.56. The zero-order valence-corrected chi connectivity index (χ0v) is 12.9. The standard InChI is InChI=1S/C14H22BrNO3/c1-19-13-9-11(8-12(15)14(13)18)10-16-6-4-2-3-5-7-17/h8-9,16-18H,2-7,10H2,1H3. The van der Waals surface area contributed by atoms with Gasteiger partial charge >= 0.3 is 0 Å². The van der Waals surface area contributed by atoms with E-state index in [2.05, 4.69) is 21.2 Å². The molecule has 108 valence electrons. The van der Waals surface area contributed by atoms with Gasteiger partial charge in [0.1, 0.15) is 0 Å². The van der Waals surface area contributed by atoms with E-state index in [-0.39, 0.29) is 12.4 Å². The average molecular weight is 332 g/mol. The van der Waals surface area contributed by atoms with E-state index < -0.39 is 0 Å². The smallest absolute Gasteiger partial charge is 0.172 e. The third kappa shape index (κ3) is 5.80. The van der Waals surface area contributed by atoms with E-state index in [1.54, 1.807) is 7.11 Å². The Kier molecular flexibility index (Phi) is 7.86. The van der Waals surface area contributed by atoms with Crippen molar-refractivity contribution in [1.29, 1.82) is 0 Å². The molecule has 0 radical (unpaired) electrons. The van der Waals surface area contributed by atoms with Crippen molar-refractivity contribution in [2.45, 2.75) is 32.2 Å². The molecule has 4 nitrogen and oxygen atoms in total. The van der Waals surface area contributed by atoms with Crippen LogP contribution in [0.3, 0.4) is 0 Å². The normalized spacial score (nSPS) is 10.7. The molecule has 0 fully saturated rings. The molecule has 0 aliphatic heterocycles. The summed E-state index contributed by atoms with van der Waals surface area (Å²) in [5, 5.41) is 21.7. The number of ether oxygens (including phenoxy) is 1. The van der Waals surface area contributed by atoms with Gasteiger partial charge in [-0.3, -0.25) is 0 Å². The maximum atomic E-state index is 9.70. The molecule has 1 aromatic rings. The van der Waals surface area contributed by atoms with Gasteiger partial charge in [0.05, 0.1) is 11.6 Å². The lowest BCUT2D eigenvalue weighted by atomic mass is 10.2. The van der Waals surface area contributed by atoms with Crippen LogP contribution in [0.15, 0.2) is 16.6 Å². The van der Waals surface area contributed by atoms with Crippen molar-refractivity contribution >= 4 is 15.9 Å². The Morgan fingerprint density at radius 2 is 1.95 bits per heavy atom. The summed E-state index contributed by atoms with van der Waals surface area (Å²) in [6, 6.07) is 3.72. The molecule has 3 N–H and O–H groups in total. The maximum absolute atomic E-state index is 9.70. The lowest BCUT2D eigenvalue weighted by Crippen LogP contribution is -2.14. The van der Waals surface area contributed by atoms with Gasteiger partial charge in [-0.25, -0.2) is 0 Å². The molecule has 19 heavy (non-hydrogen) atoms. The van der Waals surface area contributed by atoms with Gasteiger partial charge < -0.3 is 20.3 Å². The summed E-state index contributed by atoms with van der Waals surface area (Å²) in [5.41, 5.74) is 1.07. The van der Waals surface area contributed by atoms with E-state index >= 15 is 0 Å². The van der Waals surface area contributed by atoms with Crippen molar-refractivity contribution in [3.63, 3.8) is 0 Å². The predicted molar refractivity (Wildman–Crippen MR) is 79.6 cm³/mol. The molecule has 5 heteroatoms. The number of aliphatic hydroxyl groups is 1. The third-order valence-electron chi connectivity index (χ3n) is 2.90. The van der Waals surface area contributed by atoms with E-state index in [1.165, 1.54) is 0 Å². The fourth-order valence-electron chi connectivity index (χ4n) is 1.83. The van der Waals surface area contributed by atoms with E-state index in [9.17, 15) is 5.11 Å². The molecule has 0 aliphatic rings. The minimum absolute atomic E-state index is 0.134. The van der Waals surface area contributed by atoms with Gasteiger partial charge in [0.2, 0.25) is 0 Å². The number of benzene rings is 1. The maximum Gasteiger partial charge on any atom is 0.172 e. The lowest BCUT2D eigenvalue weighted by Gasteiger charge is -2.10. The Balaban J connectivity index is 2.31. The van der Waals surface area contributed by atoms with Crippen molar-refractivity contribution in [1.82, 2.24) is 5.32 Å². The Morgan fingerprint density at radius 1 is 1.21 bits per heavy atom. The summed E-state index contributed by atoms with van der Waals surface area (Å²) in [4.78, 5) is 0. The zero-order valence-electron chi connectivity index (χ0n) is 11.3. The lowest BCUT2D eigenvalue weighted by molar-refractivity contribution is 0.282. The van der Waals surface area contributed by atoms with Crippen LogP contribution in [0.5, 0.6) is 11.5 Å².